The molecule has 168 valence electrons. The molecule has 31 heavy (non-hydrogen) atoms. The summed E-state index contributed by atoms with van der Waals surface area (Å²) >= 11 is 0. The van der Waals surface area contributed by atoms with Crippen LogP contribution in [0, 0.1) is 0 Å². The second-order valence-electron chi connectivity index (χ2n) is 8.69. The maximum atomic E-state index is 5.94. The third kappa shape index (κ3) is 8.53. The molecule has 0 saturated carbocycles. The molecular formula is C28H40N2O. The van der Waals surface area contributed by atoms with Crippen molar-refractivity contribution in [2.45, 2.75) is 80.6 Å². The van der Waals surface area contributed by atoms with Crippen LogP contribution in [0.15, 0.2) is 70.2 Å². The summed E-state index contributed by atoms with van der Waals surface area (Å²) in [5.41, 5.74) is 5.62. The van der Waals surface area contributed by atoms with Crippen molar-refractivity contribution in [3.05, 3.63) is 77.2 Å². The van der Waals surface area contributed by atoms with Gasteiger partial charge in [-0.2, -0.15) is 0 Å². The van der Waals surface area contributed by atoms with Crippen molar-refractivity contribution in [3.63, 3.8) is 0 Å². The summed E-state index contributed by atoms with van der Waals surface area (Å²) < 4.78 is 5.94. The van der Waals surface area contributed by atoms with E-state index in [1.807, 2.05) is 44.2 Å². The Morgan fingerprint density at radius 1 is 0.935 bits per heavy atom. The summed E-state index contributed by atoms with van der Waals surface area (Å²) in [6.45, 7) is 19.1. The molecule has 0 bridgehead atoms. The lowest BCUT2D eigenvalue weighted by atomic mass is 9.87. The second-order valence-corrected chi connectivity index (χ2v) is 8.69. The molecule has 0 aliphatic heterocycles. The number of nitrogens with zero attached hydrogens (tertiary/aromatic N) is 2. The van der Waals surface area contributed by atoms with Crippen LogP contribution in [0.3, 0.4) is 0 Å². The quantitative estimate of drug-likeness (QED) is 0.439. The van der Waals surface area contributed by atoms with Gasteiger partial charge in [0.25, 0.3) is 0 Å². The van der Waals surface area contributed by atoms with Gasteiger partial charge in [0.05, 0.1) is 0 Å². The van der Waals surface area contributed by atoms with Gasteiger partial charge >= 0.3 is 0 Å². The van der Waals surface area contributed by atoms with E-state index in [0.717, 1.165) is 16.7 Å². The summed E-state index contributed by atoms with van der Waals surface area (Å²) in [5.74, 6) is 1.07. The summed E-state index contributed by atoms with van der Waals surface area (Å²) in [4.78, 5) is 0. The first-order valence-electron chi connectivity index (χ1n) is 11.3. The number of allylic oxidation sites excluding steroid dienone is 8. The molecule has 0 N–H and O–H groups in total. The largest absolute Gasteiger partial charge is 0.416 e. The molecule has 0 spiro atoms. The van der Waals surface area contributed by atoms with E-state index in [9.17, 15) is 0 Å². The van der Waals surface area contributed by atoms with Crippen LogP contribution in [0.2, 0.25) is 0 Å². The van der Waals surface area contributed by atoms with E-state index in [2.05, 4.69) is 82.9 Å². The fraction of sp³-hybridized carbons (Fsp3) is 0.429. The summed E-state index contributed by atoms with van der Waals surface area (Å²) in [7, 11) is 0. The van der Waals surface area contributed by atoms with Gasteiger partial charge in [-0.05, 0) is 68.0 Å². The van der Waals surface area contributed by atoms with Crippen molar-refractivity contribution >= 4 is 5.57 Å². The van der Waals surface area contributed by atoms with Gasteiger partial charge in [0.2, 0.25) is 11.8 Å². The fourth-order valence-electron chi connectivity index (χ4n) is 2.56. The minimum Gasteiger partial charge on any atom is -0.416 e. The number of unbranched alkanes of at least 4 members (excludes halogenated alkanes) is 1. The number of hydrogen-bond acceptors (Lipinski definition) is 3. The highest BCUT2D eigenvalue weighted by Gasteiger charge is 2.15. The Labute approximate surface area is 189 Å². The zero-order valence-corrected chi connectivity index (χ0v) is 20.9. The average Bonchev–Trinajstić information content (AvgIpc) is 3.25. The molecule has 0 aliphatic carbocycles. The van der Waals surface area contributed by atoms with Crippen molar-refractivity contribution < 1.29 is 4.42 Å². The average molecular weight is 421 g/mol. The zero-order valence-electron chi connectivity index (χ0n) is 20.9. The molecule has 1 aromatic heterocycles. The minimum absolute atomic E-state index is 0.122. The van der Waals surface area contributed by atoms with E-state index in [1.165, 1.54) is 24.0 Å². The van der Waals surface area contributed by atoms with Gasteiger partial charge in [0.1, 0.15) is 0 Å². The summed E-state index contributed by atoms with van der Waals surface area (Å²) in [6, 6.07) is 8.32. The molecular weight excluding hydrogens is 380 g/mol. The van der Waals surface area contributed by atoms with Crippen LogP contribution in [0.25, 0.3) is 17.0 Å². The normalized spacial score (nSPS) is 13.4. The lowest BCUT2D eigenvalue weighted by molar-refractivity contribution is 0.554. The molecule has 0 unspecified atom stereocenters. The highest BCUT2D eigenvalue weighted by Crippen LogP contribution is 2.27. The molecule has 1 aromatic carbocycles. The third-order valence-electron chi connectivity index (χ3n) is 5.01. The highest BCUT2D eigenvalue weighted by atomic mass is 16.4. The Morgan fingerprint density at radius 2 is 1.55 bits per heavy atom. The number of rotatable bonds is 6. The first-order chi connectivity index (χ1) is 14.7. The lowest BCUT2D eigenvalue weighted by Crippen LogP contribution is -2.10. The number of aromatic nitrogens is 2. The van der Waals surface area contributed by atoms with E-state index in [0.29, 0.717) is 11.8 Å². The van der Waals surface area contributed by atoms with E-state index in [1.54, 1.807) is 0 Å². The van der Waals surface area contributed by atoms with Crippen molar-refractivity contribution in [1.82, 2.24) is 10.2 Å². The predicted octanol–water partition coefficient (Wildman–Crippen LogP) is 8.71. The van der Waals surface area contributed by atoms with E-state index in [-0.39, 0.29) is 5.41 Å². The standard InChI is InChI=1S/C24H30N2O.C4H10/c1-8-10-11-17(3)18(4)16-19(9-2)22-25-26-23(27-22)20-12-14-21(15-13-20)24(5,6)7;1-3-4-2/h8-16H,1-7H3;3-4H2,1-2H3/b10-8-,17-11+,18-16+,19-9+;. The van der Waals surface area contributed by atoms with Gasteiger partial charge in [-0.25, -0.2) is 0 Å². The van der Waals surface area contributed by atoms with Crippen molar-refractivity contribution in [1.29, 1.82) is 0 Å². The van der Waals surface area contributed by atoms with Crippen LogP contribution in [0.4, 0.5) is 0 Å². The van der Waals surface area contributed by atoms with Crippen molar-refractivity contribution in [3.8, 4) is 11.5 Å². The molecule has 2 rings (SSSR count). The van der Waals surface area contributed by atoms with Crippen molar-refractivity contribution in [2.24, 2.45) is 0 Å². The van der Waals surface area contributed by atoms with Crippen LogP contribution >= 0.6 is 0 Å². The topological polar surface area (TPSA) is 38.9 Å². The smallest absolute Gasteiger partial charge is 0.248 e. The lowest BCUT2D eigenvalue weighted by Gasteiger charge is -2.18. The third-order valence-corrected chi connectivity index (χ3v) is 5.01. The molecule has 2 aromatic rings. The molecule has 1 heterocycles. The maximum Gasteiger partial charge on any atom is 0.248 e. The summed E-state index contributed by atoms with van der Waals surface area (Å²) in [5, 5.41) is 8.48. The Bertz CT molecular complexity index is 915. The number of hydrogen-bond donors (Lipinski definition) is 0. The van der Waals surface area contributed by atoms with Crippen LogP contribution in [0.5, 0.6) is 0 Å². The van der Waals surface area contributed by atoms with Gasteiger partial charge in [0.15, 0.2) is 0 Å². The predicted molar refractivity (Wildman–Crippen MR) is 135 cm³/mol. The molecule has 3 heteroatoms. The second kappa shape index (κ2) is 12.9. The Morgan fingerprint density at radius 3 is 2.03 bits per heavy atom. The Balaban J connectivity index is 0.00000110. The van der Waals surface area contributed by atoms with Gasteiger partial charge < -0.3 is 4.42 Å². The molecule has 3 nitrogen and oxygen atoms in total. The van der Waals surface area contributed by atoms with Crippen LogP contribution in [0.1, 0.15) is 86.6 Å². The van der Waals surface area contributed by atoms with E-state index < -0.39 is 0 Å². The minimum atomic E-state index is 0.122. The SMILES string of the molecule is CCCC.C\C=C/C=C(C)/C(C)=C/C(=C\C)c1nnc(-c2ccc(C(C)(C)C)cc2)o1. The monoisotopic (exact) mass is 420 g/mol. The summed E-state index contributed by atoms with van der Waals surface area (Å²) in [6.07, 6.45) is 12.9. The number of benzene rings is 1. The van der Waals surface area contributed by atoms with Crippen LogP contribution in [-0.2, 0) is 5.41 Å². The molecule has 0 aliphatic rings. The van der Waals surface area contributed by atoms with Crippen LogP contribution in [-0.4, -0.2) is 10.2 Å². The van der Waals surface area contributed by atoms with Crippen LogP contribution < -0.4 is 0 Å². The van der Waals surface area contributed by atoms with Gasteiger partial charge in [-0.15, -0.1) is 10.2 Å². The fourth-order valence-corrected chi connectivity index (χ4v) is 2.56. The first kappa shape index (κ1) is 26.4. The Kier molecular flexibility index (Phi) is 11.0. The highest BCUT2D eigenvalue weighted by molar-refractivity contribution is 5.70. The molecule has 0 fully saturated rings. The first-order valence-corrected chi connectivity index (χ1v) is 11.3. The van der Waals surface area contributed by atoms with Crippen molar-refractivity contribution in [2.75, 3.05) is 0 Å². The van der Waals surface area contributed by atoms with E-state index >= 15 is 0 Å². The molecule has 0 saturated heterocycles. The Hall–Kier alpha value is -2.68. The zero-order chi connectivity index (χ0) is 23.4. The van der Waals surface area contributed by atoms with Gasteiger partial charge in [-0.1, -0.05) is 83.9 Å². The molecule has 0 radical (unpaired) electrons. The molecule has 0 amide bonds. The molecule has 0 atom stereocenters. The van der Waals surface area contributed by atoms with E-state index in [4.69, 9.17) is 4.42 Å². The van der Waals surface area contributed by atoms with Gasteiger partial charge in [-0.3, -0.25) is 0 Å². The van der Waals surface area contributed by atoms with Gasteiger partial charge in [0, 0.05) is 11.1 Å². The maximum absolute atomic E-state index is 5.94.